The van der Waals surface area contributed by atoms with Gasteiger partial charge in [-0.05, 0) is 53.9 Å². The van der Waals surface area contributed by atoms with E-state index in [2.05, 4.69) is 5.32 Å². The van der Waals surface area contributed by atoms with Crippen molar-refractivity contribution in [3.8, 4) is 11.5 Å². The molecule has 1 heterocycles. The Morgan fingerprint density at radius 1 is 0.848 bits per heavy atom. The van der Waals surface area contributed by atoms with Gasteiger partial charge in [0.05, 0.1) is 10.6 Å². The van der Waals surface area contributed by atoms with Crippen LogP contribution in [-0.4, -0.2) is 57.5 Å². The van der Waals surface area contributed by atoms with Gasteiger partial charge in [0.15, 0.2) is 11.5 Å². The molecule has 240 valence electrons. The zero-order valence-corrected chi connectivity index (χ0v) is 26.3. The Labute approximate surface area is 268 Å². The van der Waals surface area contributed by atoms with Crippen LogP contribution in [-0.2, 0) is 32.6 Å². The van der Waals surface area contributed by atoms with Crippen molar-refractivity contribution in [2.24, 2.45) is 0 Å². The maximum absolute atomic E-state index is 14.4. The zero-order chi connectivity index (χ0) is 32.5. The Morgan fingerprint density at radius 3 is 2.13 bits per heavy atom. The highest BCUT2D eigenvalue weighted by Gasteiger charge is 2.35. The minimum atomic E-state index is -4.39. The molecule has 0 saturated carbocycles. The number of carbonyl (C=O) groups excluding carboxylic acids is 2. The summed E-state index contributed by atoms with van der Waals surface area (Å²) in [5.74, 6) is -0.850. The van der Waals surface area contributed by atoms with Crippen LogP contribution in [0.3, 0.4) is 0 Å². The molecule has 1 N–H and O–H groups in total. The van der Waals surface area contributed by atoms with E-state index in [0.29, 0.717) is 25.3 Å². The molecule has 1 atom stereocenters. The SMILES string of the molecule is CCCNC(=O)C(Cc1ccccc1)N(Cc1ccccc1)C(=O)CN(c1ccc(F)cc1)S(=O)(=O)c1ccc2c(c1)OCCO2. The third kappa shape index (κ3) is 7.84. The second kappa shape index (κ2) is 14.9. The van der Waals surface area contributed by atoms with E-state index in [0.717, 1.165) is 27.6 Å². The molecule has 0 radical (unpaired) electrons. The summed E-state index contributed by atoms with van der Waals surface area (Å²) in [5, 5.41) is 2.92. The summed E-state index contributed by atoms with van der Waals surface area (Å²) in [6.07, 6.45) is 0.906. The van der Waals surface area contributed by atoms with Crippen LogP contribution in [0.25, 0.3) is 0 Å². The summed E-state index contributed by atoms with van der Waals surface area (Å²) >= 11 is 0. The molecule has 0 fully saturated rings. The van der Waals surface area contributed by atoms with E-state index in [4.69, 9.17) is 9.47 Å². The predicted octanol–water partition coefficient (Wildman–Crippen LogP) is 4.96. The van der Waals surface area contributed by atoms with Gasteiger partial charge in [-0.2, -0.15) is 0 Å². The van der Waals surface area contributed by atoms with Crippen LogP contribution in [0, 0.1) is 5.82 Å². The second-order valence-corrected chi connectivity index (χ2v) is 12.7. The van der Waals surface area contributed by atoms with Gasteiger partial charge in [-0.3, -0.25) is 13.9 Å². The van der Waals surface area contributed by atoms with Gasteiger partial charge < -0.3 is 19.7 Å². The lowest BCUT2D eigenvalue weighted by Gasteiger charge is -2.34. The number of ether oxygens (including phenoxy) is 2. The van der Waals surface area contributed by atoms with Gasteiger partial charge in [-0.15, -0.1) is 0 Å². The summed E-state index contributed by atoms with van der Waals surface area (Å²) in [6, 6.07) is 26.7. The first-order chi connectivity index (χ1) is 22.3. The molecule has 46 heavy (non-hydrogen) atoms. The standard InChI is InChI=1S/C35H36FN3O6S/c1-2-19-37-35(41)31(22-26-9-5-3-6-10-26)38(24-27-11-7-4-8-12-27)34(40)25-39(29-15-13-28(36)14-16-29)46(42,43)30-17-18-32-33(23-30)45-21-20-44-32/h3-18,23,31H,2,19-22,24-25H2,1H3,(H,37,41). The number of anilines is 1. The molecule has 11 heteroatoms. The van der Waals surface area contributed by atoms with Crippen LogP contribution in [0.5, 0.6) is 11.5 Å². The number of sulfonamides is 1. The number of nitrogens with one attached hydrogen (secondary N) is 1. The third-order valence-corrected chi connectivity index (χ3v) is 9.28. The molecule has 4 aromatic carbocycles. The van der Waals surface area contributed by atoms with Gasteiger partial charge in [-0.1, -0.05) is 67.6 Å². The molecule has 4 aromatic rings. The van der Waals surface area contributed by atoms with Crippen molar-refractivity contribution in [2.75, 3.05) is 30.6 Å². The predicted molar refractivity (Wildman–Crippen MR) is 173 cm³/mol. The van der Waals surface area contributed by atoms with Crippen LogP contribution >= 0.6 is 0 Å². The Balaban J connectivity index is 1.55. The highest BCUT2D eigenvalue weighted by molar-refractivity contribution is 7.92. The van der Waals surface area contributed by atoms with Crippen molar-refractivity contribution in [1.29, 1.82) is 0 Å². The molecule has 9 nitrogen and oxygen atoms in total. The molecule has 1 unspecified atom stereocenters. The first kappa shape index (κ1) is 32.5. The summed E-state index contributed by atoms with van der Waals surface area (Å²) < 4.78 is 54.6. The lowest BCUT2D eigenvalue weighted by molar-refractivity contribution is -0.140. The molecular formula is C35H36FN3O6S. The quantitative estimate of drug-likeness (QED) is 0.221. The lowest BCUT2D eigenvalue weighted by atomic mass is 10.0. The number of fused-ring (bicyclic) bond motifs is 1. The molecule has 0 saturated heterocycles. The Hall–Kier alpha value is -4.90. The molecule has 0 aliphatic carbocycles. The molecule has 0 spiro atoms. The summed E-state index contributed by atoms with van der Waals surface area (Å²) in [7, 11) is -4.39. The average molecular weight is 646 g/mol. The minimum Gasteiger partial charge on any atom is -0.486 e. The number of carbonyl (C=O) groups is 2. The van der Waals surface area contributed by atoms with Gasteiger partial charge in [0.1, 0.15) is 31.6 Å². The normalized spacial score (nSPS) is 13.0. The molecule has 1 aliphatic rings. The first-order valence-corrected chi connectivity index (χ1v) is 16.5. The topological polar surface area (TPSA) is 105 Å². The first-order valence-electron chi connectivity index (χ1n) is 15.1. The van der Waals surface area contributed by atoms with Gasteiger partial charge >= 0.3 is 0 Å². The van der Waals surface area contributed by atoms with Crippen molar-refractivity contribution in [1.82, 2.24) is 10.2 Å². The van der Waals surface area contributed by atoms with Gasteiger partial charge in [-0.25, -0.2) is 12.8 Å². The van der Waals surface area contributed by atoms with Crippen LogP contribution in [0.4, 0.5) is 10.1 Å². The molecule has 5 rings (SSSR count). The van der Waals surface area contributed by atoms with Gasteiger partial charge in [0, 0.05) is 25.6 Å². The van der Waals surface area contributed by atoms with Crippen molar-refractivity contribution in [2.45, 2.75) is 37.2 Å². The summed E-state index contributed by atoms with van der Waals surface area (Å²) in [5.41, 5.74) is 1.68. The minimum absolute atomic E-state index is 0.0536. The van der Waals surface area contributed by atoms with Crippen molar-refractivity contribution >= 4 is 27.5 Å². The Morgan fingerprint density at radius 2 is 1.48 bits per heavy atom. The summed E-state index contributed by atoms with van der Waals surface area (Å²) in [6.45, 7) is 2.34. The Bertz CT molecular complexity index is 1740. The van der Waals surface area contributed by atoms with E-state index in [1.807, 2.05) is 67.6 Å². The third-order valence-electron chi connectivity index (χ3n) is 7.51. The lowest BCUT2D eigenvalue weighted by Crippen LogP contribution is -2.53. The van der Waals surface area contributed by atoms with Crippen LogP contribution in [0.15, 0.2) is 108 Å². The number of hydrogen-bond donors (Lipinski definition) is 1. The fourth-order valence-electron chi connectivity index (χ4n) is 5.15. The van der Waals surface area contributed by atoms with E-state index in [1.54, 1.807) is 0 Å². The summed E-state index contributed by atoms with van der Waals surface area (Å²) in [4.78, 5) is 29.4. The zero-order valence-electron chi connectivity index (χ0n) is 25.5. The monoisotopic (exact) mass is 645 g/mol. The number of hydrogen-bond acceptors (Lipinski definition) is 6. The van der Waals surface area contributed by atoms with Crippen LogP contribution < -0.4 is 19.1 Å². The van der Waals surface area contributed by atoms with Crippen molar-refractivity contribution in [3.05, 3.63) is 120 Å². The fourth-order valence-corrected chi connectivity index (χ4v) is 6.58. The number of nitrogens with zero attached hydrogens (tertiary/aromatic N) is 2. The average Bonchev–Trinajstić information content (AvgIpc) is 3.08. The highest BCUT2D eigenvalue weighted by Crippen LogP contribution is 2.34. The molecule has 0 aromatic heterocycles. The van der Waals surface area contributed by atoms with Crippen LogP contribution in [0.1, 0.15) is 24.5 Å². The number of halogens is 1. The molecule has 1 aliphatic heterocycles. The van der Waals surface area contributed by atoms with E-state index in [9.17, 15) is 22.4 Å². The van der Waals surface area contributed by atoms with E-state index < -0.39 is 34.3 Å². The molecule has 2 amide bonds. The highest BCUT2D eigenvalue weighted by atomic mass is 32.2. The second-order valence-electron chi connectivity index (χ2n) is 10.8. The van der Waals surface area contributed by atoms with Crippen LogP contribution in [0.2, 0.25) is 0 Å². The van der Waals surface area contributed by atoms with E-state index in [-0.39, 0.29) is 41.8 Å². The molecule has 0 bridgehead atoms. The smallest absolute Gasteiger partial charge is 0.264 e. The van der Waals surface area contributed by atoms with E-state index >= 15 is 0 Å². The largest absolute Gasteiger partial charge is 0.486 e. The number of benzene rings is 4. The van der Waals surface area contributed by atoms with Gasteiger partial charge in [0.2, 0.25) is 11.8 Å². The maximum Gasteiger partial charge on any atom is 0.264 e. The fraction of sp³-hybridized carbons (Fsp3) is 0.257. The van der Waals surface area contributed by atoms with Crippen molar-refractivity contribution < 1.29 is 31.9 Å². The maximum atomic E-state index is 14.4. The van der Waals surface area contributed by atoms with E-state index in [1.165, 1.54) is 35.2 Å². The Kier molecular flexibility index (Phi) is 10.5. The number of rotatable bonds is 13. The molecular weight excluding hydrogens is 609 g/mol. The number of amides is 2. The van der Waals surface area contributed by atoms with Crippen molar-refractivity contribution in [3.63, 3.8) is 0 Å². The van der Waals surface area contributed by atoms with Gasteiger partial charge in [0.25, 0.3) is 10.0 Å².